The molecule has 25 heavy (non-hydrogen) atoms. The number of rotatable bonds is 5. The first-order valence-electron chi connectivity index (χ1n) is 7.18. The molecule has 3 heterocycles. The van der Waals surface area contributed by atoms with Crippen LogP contribution in [0.5, 0.6) is 0 Å². The zero-order chi connectivity index (χ0) is 18.4. The van der Waals surface area contributed by atoms with Crippen molar-refractivity contribution in [2.75, 3.05) is 13.7 Å². The van der Waals surface area contributed by atoms with Gasteiger partial charge in [0.15, 0.2) is 17.4 Å². The topological polar surface area (TPSA) is 158 Å². The van der Waals surface area contributed by atoms with E-state index in [4.69, 9.17) is 4.74 Å². The summed E-state index contributed by atoms with van der Waals surface area (Å²) < 4.78 is 28.3. The first-order chi connectivity index (χ1) is 11.7. The van der Waals surface area contributed by atoms with Crippen molar-refractivity contribution in [1.82, 2.24) is 19.1 Å². The Kier molecular flexibility index (Phi) is 4.77. The molecule has 12 nitrogen and oxygen atoms in total. The molecule has 0 aromatic carbocycles. The molecule has 3 N–H and O–H groups in total. The molecule has 2 aromatic rings. The van der Waals surface area contributed by atoms with Crippen LogP contribution in [0.2, 0.25) is 0 Å². The number of imidazole rings is 1. The highest BCUT2D eigenvalue weighted by Crippen LogP contribution is 2.43. The second kappa shape index (κ2) is 6.57. The number of ether oxygens (including phenoxy) is 1. The lowest BCUT2D eigenvalue weighted by molar-refractivity contribution is -0.0509. The number of nitrogens with zero attached hydrogens (tertiary/aromatic N) is 4. The van der Waals surface area contributed by atoms with E-state index in [2.05, 4.69) is 19.0 Å². The number of aliphatic hydroxyl groups excluding tert-OH is 2. The Morgan fingerprint density at radius 2 is 2.04 bits per heavy atom. The van der Waals surface area contributed by atoms with E-state index < -0.39 is 39.0 Å². The minimum Gasteiger partial charge on any atom is -0.387 e. The van der Waals surface area contributed by atoms with Gasteiger partial charge in [-0.15, -0.1) is 0 Å². The number of fused-ring (bicyclic) bond motifs is 1. The summed E-state index contributed by atoms with van der Waals surface area (Å²) in [6.07, 6.45) is -2.44. The van der Waals surface area contributed by atoms with Crippen LogP contribution in [0.4, 0.5) is 0 Å². The normalized spacial score (nSPS) is 29.2. The highest BCUT2D eigenvalue weighted by atomic mass is 31.2. The van der Waals surface area contributed by atoms with Gasteiger partial charge in [-0.05, 0) is 0 Å². The SMILES string of the molecule is COP(=O)(O)OCC1OC(n2cnc3c(=O)n(C)cnc32)C(O)C1O. The van der Waals surface area contributed by atoms with Crippen molar-refractivity contribution in [1.29, 1.82) is 0 Å². The molecule has 1 saturated heterocycles. The molecule has 13 heteroatoms. The molecule has 0 bridgehead atoms. The van der Waals surface area contributed by atoms with Crippen LogP contribution >= 0.6 is 7.82 Å². The summed E-state index contributed by atoms with van der Waals surface area (Å²) in [6, 6.07) is 0. The van der Waals surface area contributed by atoms with E-state index in [-0.39, 0.29) is 16.7 Å². The average molecular weight is 376 g/mol. The van der Waals surface area contributed by atoms with E-state index in [0.717, 1.165) is 7.11 Å². The molecule has 0 saturated carbocycles. The maximum atomic E-state index is 12.0. The Bertz CT molecular complexity index is 882. The van der Waals surface area contributed by atoms with Crippen LogP contribution in [0.1, 0.15) is 6.23 Å². The van der Waals surface area contributed by atoms with Gasteiger partial charge < -0.3 is 24.4 Å². The van der Waals surface area contributed by atoms with Crippen molar-refractivity contribution in [2.24, 2.45) is 7.05 Å². The Morgan fingerprint density at radius 3 is 2.72 bits per heavy atom. The molecule has 1 aliphatic rings. The van der Waals surface area contributed by atoms with Gasteiger partial charge in [0, 0.05) is 14.2 Å². The van der Waals surface area contributed by atoms with E-state index in [9.17, 15) is 24.5 Å². The van der Waals surface area contributed by atoms with Gasteiger partial charge in [0.25, 0.3) is 5.56 Å². The molecule has 3 rings (SSSR count). The maximum Gasteiger partial charge on any atom is 0.472 e. The summed E-state index contributed by atoms with van der Waals surface area (Å²) in [7, 11) is -1.73. The summed E-state index contributed by atoms with van der Waals surface area (Å²) in [5.74, 6) is 0. The van der Waals surface area contributed by atoms with E-state index in [1.54, 1.807) is 0 Å². The zero-order valence-corrected chi connectivity index (χ0v) is 14.2. The fraction of sp³-hybridized carbons (Fsp3) is 0.583. The lowest BCUT2D eigenvalue weighted by Gasteiger charge is -2.16. The Morgan fingerprint density at radius 1 is 1.32 bits per heavy atom. The number of aryl methyl sites for hydroxylation is 1. The van der Waals surface area contributed by atoms with E-state index in [1.165, 1.54) is 28.8 Å². The molecular formula is C12H17N4O8P. The van der Waals surface area contributed by atoms with Crippen LogP contribution in [-0.4, -0.2) is 66.2 Å². The number of phosphoric ester groups is 1. The van der Waals surface area contributed by atoms with Crippen LogP contribution < -0.4 is 5.56 Å². The second-order valence-electron chi connectivity index (χ2n) is 5.48. The monoisotopic (exact) mass is 376 g/mol. The highest BCUT2D eigenvalue weighted by Gasteiger charge is 2.45. The summed E-state index contributed by atoms with van der Waals surface area (Å²) in [4.78, 5) is 29.3. The molecule has 0 spiro atoms. The van der Waals surface area contributed by atoms with Gasteiger partial charge in [0.1, 0.15) is 18.3 Å². The Balaban J connectivity index is 1.85. The quantitative estimate of drug-likeness (QED) is 0.525. The largest absolute Gasteiger partial charge is 0.472 e. The fourth-order valence-corrected chi connectivity index (χ4v) is 2.94. The Labute approximate surface area is 140 Å². The number of hydrogen-bond acceptors (Lipinski definition) is 9. The van der Waals surface area contributed by atoms with Crippen LogP contribution in [-0.2, 0) is 25.4 Å². The fourth-order valence-electron chi connectivity index (χ4n) is 2.50. The van der Waals surface area contributed by atoms with Crippen LogP contribution in [0.15, 0.2) is 17.4 Å². The van der Waals surface area contributed by atoms with Crippen molar-refractivity contribution in [3.8, 4) is 0 Å². The number of phosphoric acid groups is 1. The predicted octanol–water partition coefficient (Wildman–Crippen LogP) is -1.49. The average Bonchev–Trinajstić information content (AvgIpc) is 3.12. The molecular weight excluding hydrogens is 359 g/mol. The molecule has 1 aliphatic heterocycles. The zero-order valence-electron chi connectivity index (χ0n) is 13.3. The van der Waals surface area contributed by atoms with Crippen molar-refractivity contribution in [3.05, 3.63) is 23.0 Å². The molecule has 5 atom stereocenters. The van der Waals surface area contributed by atoms with Crippen LogP contribution in [0.25, 0.3) is 11.2 Å². The lowest BCUT2D eigenvalue weighted by Crippen LogP contribution is -2.33. The first-order valence-corrected chi connectivity index (χ1v) is 8.67. The summed E-state index contributed by atoms with van der Waals surface area (Å²) in [6.45, 7) is -0.488. The molecule has 1 fully saturated rings. The molecule has 138 valence electrons. The maximum absolute atomic E-state index is 12.0. The third kappa shape index (κ3) is 3.25. The molecule has 0 radical (unpaired) electrons. The van der Waals surface area contributed by atoms with Gasteiger partial charge in [-0.25, -0.2) is 14.5 Å². The number of aliphatic hydroxyl groups is 2. The predicted molar refractivity (Wildman–Crippen MR) is 81.5 cm³/mol. The smallest absolute Gasteiger partial charge is 0.387 e. The molecule has 2 aromatic heterocycles. The van der Waals surface area contributed by atoms with Crippen LogP contribution in [0.3, 0.4) is 0 Å². The summed E-state index contributed by atoms with van der Waals surface area (Å²) in [5, 5.41) is 20.3. The van der Waals surface area contributed by atoms with E-state index in [1.807, 2.05) is 0 Å². The van der Waals surface area contributed by atoms with Gasteiger partial charge in [0.05, 0.1) is 19.3 Å². The molecule has 0 aliphatic carbocycles. The molecule has 0 amide bonds. The lowest BCUT2D eigenvalue weighted by atomic mass is 10.1. The number of hydrogen-bond donors (Lipinski definition) is 3. The van der Waals surface area contributed by atoms with Crippen molar-refractivity contribution in [3.63, 3.8) is 0 Å². The standard InChI is InChI=1S/C12H17N4O8P/c1-15-4-14-10-7(11(15)19)13-5-16(10)12-9(18)8(17)6(24-12)3-23-25(20,21)22-2/h4-6,8-9,12,17-18H,3H2,1-2H3,(H,20,21). The van der Waals surface area contributed by atoms with Gasteiger partial charge in [-0.3, -0.25) is 18.4 Å². The van der Waals surface area contributed by atoms with Crippen molar-refractivity contribution in [2.45, 2.75) is 24.5 Å². The summed E-state index contributed by atoms with van der Waals surface area (Å²) in [5.41, 5.74) is -0.127. The Hall–Kier alpha value is -1.66. The minimum absolute atomic E-state index is 0.0780. The number of aromatic nitrogens is 4. The first kappa shape index (κ1) is 18.1. The van der Waals surface area contributed by atoms with Gasteiger partial charge in [-0.1, -0.05) is 0 Å². The van der Waals surface area contributed by atoms with Gasteiger partial charge >= 0.3 is 7.82 Å². The summed E-state index contributed by atoms with van der Waals surface area (Å²) >= 11 is 0. The third-order valence-corrected chi connectivity index (χ3v) is 4.82. The van der Waals surface area contributed by atoms with Gasteiger partial charge in [0.2, 0.25) is 0 Å². The highest BCUT2D eigenvalue weighted by molar-refractivity contribution is 7.47. The second-order valence-corrected chi connectivity index (χ2v) is 7.04. The van der Waals surface area contributed by atoms with Crippen LogP contribution in [0, 0.1) is 0 Å². The van der Waals surface area contributed by atoms with E-state index >= 15 is 0 Å². The third-order valence-electron chi connectivity index (χ3n) is 3.89. The molecule has 5 unspecified atom stereocenters. The van der Waals surface area contributed by atoms with Crippen molar-refractivity contribution >= 4 is 19.0 Å². The van der Waals surface area contributed by atoms with Gasteiger partial charge in [-0.2, -0.15) is 0 Å². The van der Waals surface area contributed by atoms with E-state index in [0.29, 0.717) is 0 Å². The minimum atomic E-state index is -4.25. The van der Waals surface area contributed by atoms with Crippen molar-refractivity contribution < 1.29 is 33.5 Å².